The van der Waals surface area contributed by atoms with Gasteiger partial charge in [0.2, 0.25) is 5.91 Å². The van der Waals surface area contributed by atoms with Gasteiger partial charge >= 0.3 is 0 Å². The molecule has 3 rings (SSSR count). The Morgan fingerprint density at radius 1 is 1.16 bits per heavy atom. The Hall–Kier alpha value is -1.93. The number of halogens is 3. The molecule has 0 aliphatic rings. The first kappa shape index (κ1) is 23.7. The summed E-state index contributed by atoms with van der Waals surface area (Å²) in [4.78, 5) is 12.4. The number of benzene rings is 2. The van der Waals surface area contributed by atoms with Crippen LogP contribution in [0.1, 0.15) is 31.3 Å². The van der Waals surface area contributed by atoms with Gasteiger partial charge in [0, 0.05) is 12.1 Å². The summed E-state index contributed by atoms with van der Waals surface area (Å²) in [5.41, 5.74) is 1.57. The monoisotopic (exact) mass is 498 g/mol. The smallest absolute Gasteiger partial charge is 0.234 e. The number of ether oxygens (including phenoxy) is 1. The summed E-state index contributed by atoms with van der Waals surface area (Å²) in [7, 11) is 1.84. The van der Waals surface area contributed by atoms with Crippen LogP contribution in [0.25, 0.3) is 0 Å². The van der Waals surface area contributed by atoms with E-state index in [1.165, 1.54) is 29.5 Å². The molecule has 0 unspecified atom stereocenters. The second kappa shape index (κ2) is 10.6. The molecule has 164 valence electrons. The fourth-order valence-electron chi connectivity index (χ4n) is 2.83. The number of hydrogen-bond acceptors (Lipinski definition) is 5. The lowest BCUT2D eigenvalue weighted by atomic mass is 10.2. The largest absolute Gasteiger partial charge is 0.483 e. The van der Waals surface area contributed by atoms with Gasteiger partial charge in [0.1, 0.15) is 5.75 Å². The van der Waals surface area contributed by atoms with Crippen LogP contribution in [0.2, 0.25) is 15.1 Å². The molecule has 6 nitrogen and oxygen atoms in total. The first-order valence-corrected chi connectivity index (χ1v) is 11.6. The maximum absolute atomic E-state index is 12.4. The maximum Gasteiger partial charge on any atom is 0.234 e. The van der Waals surface area contributed by atoms with E-state index in [-0.39, 0.29) is 27.8 Å². The van der Waals surface area contributed by atoms with Crippen LogP contribution in [-0.2, 0) is 18.3 Å². The van der Waals surface area contributed by atoms with Crippen molar-refractivity contribution in [3.8, 4) is 5.75 Å². The Bertz CT molecular complexity index is 1050. The zero-order valence-electron chi connectivity index (χ0n) is 17.2. The lowest BCUT2D eigenvalue weighted by Gasteiger charge is -2.14. The van der Waals surface area contributed by atoms with Gasteiger partial charge in [-0.2, -0.15) is 0 Å². The normalized spacial score (nSPS) is 11.9. The Labute approximate surface area is 200 Å². The number of nitrogens with zero attached hydrogens (tertiary/aromatic N) is 3. The average Bonchev–Trinajstić information content (AvgIpc) is 3.10. The predicted octanol–water partition coefficient (Wildman–Crippen LogP) is 6.21. The Morgan fingerprint density at radius 2 is 1.81 bits per heavy atom. The van der Waals surface area contributed by atoms with E-state index in [2.05, 4.69) is 22.4 Å². The third-order valence-electron chi connectivity index (χ3n) is 4.48. The topological polar surface area (TPSA) is 69.0 Å². The van der Waals surface area contributed by atoms with Crippen molar-refractivity contribution in [3.05, 3.63) is 62.9 Å². The Balaban J connectivity index is 1.60. The molecule has 0 fully saturated rings. The van der Waals surface area contributed by atoms with E-state index in [1.54, 1.807) is 0 Å². The number of anilines is 1. The summed E-state index contributed by atoms with van der Waals surface area (Å²) in [5, 5.41) is 12.6. The second-order valence-corrected chi connectivity index (χ2v) is 8.93. The fourth-order valence-corrected chi connectivity index (χ4v) is 4.46. The van der Waals surface area contributed by atoms with Gasteiger partial charge in [0.25, 0.3) is 0 Å². The fraction of sp³-hybridized carbons (Fsp3) is 0.286. The van der Waals surface area contributed by atoms with Gasteiger partial charge in [0.15, 0.2) is 17.1 Å². The van der Waals surface area contributed by atoms with Crippen LogP contribution in [0.5, 0.6) is 5.75 Å². The number of aryl methyl sites for hydroxylation is 1. The van der Waals surface area contributed by atoms with Crippen molar-refractivity contribution in [2.24, 2.45) is 7.05 Å². The van der Waals surface area contributed by atoms with E-state index in [0.717, 1.165) is 12.2 Å². The lowest BCUT2D eigenvalue weighted by molar-refractivity contribution is -0.113. The van der Waals surface area contributed by atoms with Crippen molar-refractivity contribution in [2.45, 2.75) is 31.5 Å². The summed E-state index contributed by atoms with van der Waals surface area (Å²) in [6.07, 6.45) is 0.670. The molecule has 3 aromatic rings. The van der Waals surface area contributed by atoms with Crippen molar-refractivity contribution in [1.82, 2.24) is 14.8 Å². The Kier molecular flexibility index (Phi) is 8.11. The van der Waals surface area contributed by atoms with Crippen LogP contribution in [0.3, 0.4) is 0 Å². The molecule has 0 aliphatic carbocycles. The first-order valence-electron chi connectivity index (χ1n) is 9.50. The van der Waals surface area contributed by atoms with Crippen LogP contribution < -0.4 is 10.1 Å². The molecule has 0 spiro atoms. The van der Waals surface area contributed by atoms with E-state index in [4.69, 9.17) is 39.5 Å². The van der Waals surface area contributed by atoms with E-state index < -0.39 is 0 Å². The zero-order valence-corrected chi connectivity index (χ0v) is 20.2. The number of hydrogen-bond donors (Lipinski definition) is 1. The molecule has 1 aromatic heterocycles. The number of carbonyl (C=O) groups is 1. The molecule has 1 amide bonds. The standard InChI is InChI=1S/C21H21Cl3N4O2S/c1-4-13-5-7-15(8-6-13)30-12(2)20-26-27-21(28(20)3)31-11-18(29)25-19-16(23)9-14(22)10-17(19)24/h5-10,12H,4,11H2,1-3H3,(H,25,29)/t12-/m0/s1. The number of aromatic nitrogens is 3. The van der Waals surface area contributed by atoms with Crippen LogP contribution >= 0.6 is 46.6 Å². The maximum atomic E-state index is 12.4. The summed E-state index contributed by atoms with van der Waals surface area (Å²) >= 11 is 19.4. The van der Waals surface area contributed by atoms with Crippen molar-refractivity contribution in [3.63, 3.8) is 0 Å². The van der Waals surface area contributed by atoms with Gasteiger partial charge in [0.05, 0.1) is 21.5 Å². The van der Waals surface area contributed by atoms with Gasteiger partial charge in [-0.05, 0) is 43.2 Å². The highest BCUT2D eigenvalue weighted by atomic mass is 35.5. The molecule has 1 heterocycles. The van der Waals surface area contributed by atoms with Crippen molar-refractivity contribution in [1.29, 1.82) is 0 Å². The summed E-state index contributed by atoms with van der Waals surface area (Å²) in [6, 6.07) is 11.0. The van der Waals surface area contributed by atoms with E-state index >= 15 is 0 Å². The Morgan fingerprint density at radius 3 is 2.42 bits per heavy atom. The number of thioether (sulfide) groups is 1. The molecule has 0 saturated heterocycles. The van der Waals surface area contributed by atoms with Crippen molar-refractivity contribution in [2.75, 3.05) is 11.1 Å². The third-order valence-corrected chi connectivity index (χ3v) is 6.31. The minimum absolute atomic E-state index is 0.106. The quantitative estimate of drug-likeness (QED) is 0.373. The molecule has 1 N–H and O–H groups in total. The van der Waals surface area contributed by atoms with Gasteiger partial charge in [-0.25, -0.2) is 0 Å². The van der Waals surface area contributed by atoms with Gasteiger partial charge in [-0.15, -0.1) is 10.2 Å². The van der Waals surface area contributed by atoms with Crippen LogP contribution in [0.4, 0.5) is 5.69 Å². The second-order valence-electron chi connectivity index (χ2n) is 6.74. The number of carbonyl (C=O) groups excluding carboxylic acids is 1. The third kappa shape index (κ3) is 6.07. The summed E-state index contributed by atoms with van der Waals surface area (Å²) < 4.78 is 7.79. The highest BCUT2D eigenvalue weighted by Gasteiger charge is 2.19. The van der Waals surface area contributed by atoms with E-state index in [9.17, 15) is 4.79 Å². The molecule has 31 heavy (non-hydrogen) atoms. The summed E-state index contributed by atoms with van der Waals surface area (Å²) in [5.74, 6) is 1.25. The van der Waals surface area contributed by atoms with E-state index in [0.29, 0.717) is 21.7 Å². The van der Waals surface area contributed by atoms with Gasteiger partial charge in [-0.1, -0.05) is 65.6 Å². The molecular formula is C21H21Cl3N4O2S. The average molecular weight is 500 g/mol. The molecule has 2 aromatic carbocycles. The highest BCUT2D eigenvalue weighted by Crippen LogP contribution is 2.34. The van der Waals surface area contributed by atoms with E-state index in [1.807, 2.05) is 42.8 Å². The van der Waals surface area contributed by atoms with Crippen molar-refractivity contribution < 1.29 is 9.53 Å². The molecule has 10 heteroatoms. The minimum atomic E-state index is -0.306. The molecular weight excluding hydrogens is 479 g/mol. The van der Waals surface area contributed by atoms with Crippen LogP contribution in [0, 0.1) is 0 Å². The number of rotatable bonds is 8. The van der Waals surface area contributed by atoms with Crippen molar-refractivity contribution >= 4 is 58.2 Å². The lowest BCUT2D eigenvalue weighted by Crippen LogP contribution is -2.15. The number of amides is 1. The first-order chi connectivity index (χ1) is 14.8. The number of nitrogens with one attached hydrogen (secondary N) is 1. The molecule has 0 radical (unpaired) electrons. The molecule has 0 saturated carbocycles. The zero-order chi connectivity index (χ0) is 22.5. The highest BCUT2D eigenvalue weighted by molar-refractivity contribution is 7.99. The van der Waals surface area contributed by atoms with Gasteiger partial charge in [-0.3, -0.25) is 4.79 Å². The minimum Gasteiger partial charge on any atom is -0.483 e. The van der Waals surface area contributed by atoms with Crippen LogP contribution in [0.15, 0.2) is 41.6 Å². The van der Waals surface area contributed by atoms with Crippen LogP contribution in [-0.4, -0.2) is 26.4 Å². The summed E-state index contributed by atoms with van der Waals surface area (Å²) in [6.45, 7) is 4.01. The molecule has 1 atom stereocenters. The molecule has 0 bridgehead atoms. The molecule has 0 aliphatic heterocycles. The predicted molar refractivity (Wildman–Crippen MR) is 127 cm³/mol. The SMILES string of the molecule is CCc1ccc(O[C@@H](C)c2nnc(SCC(=O)Nc3c(Cl)cc(Cl)cc3Cl)n2C)cc1. The van der Waals surface area contributed by atoms with Gasteiger partial charge < -0.3 is 14.6 Å².